The Kier molecular flexibility index (Phi) is 50.6. The highest BCUT2D eigenvalue weighted by molar-refractivity contribution is 6.09. The maximum absolute atomic E-state index is 14.5. The molecular formula is C107H154N12O31. The van der Waals surface area contributed by atoms with Gasteiger partial charge in [0, 0.05) is 81.8 Å². The lowest BCUT2D eigenvalue weighted by Gasteiger charge is -2.31. The minimum Gasteiger partial charge on any atom is -0.493 e. The van der Waals surface area contributed by atoms with Gasteiger partial charge < -0.3 is 133 Å². The summed E-state index contributed by atoms with van der Waals surface area (Å²) in [4.78, 5) is 182. The van der Waals surface area contributed by atoms with Crippen LogP contribution in [0.25, 0.3) is 0 Å². The molecule has 150 heavy (non-hydrogen) atoms. The molecule has 4 aromatic carbocycles. The van der Waals surface area contributed by atoms with Crippen molar-refractivity contribution in [1.82, 2.24) is 41.3 Å². The Morgan fingerprint density at radius 1 is 0.407 bits per heavy atom. The van der Waals surface area contributed by atoms with E-state index in [4.69, 9.17) is 75.8 Å². The Bertz CT molecular complexity index is 5100. The van der Waals surface area contributed by atoms with E-state index in [1.807, 2.05) is 6.92 Å². The highest BCUT2D eigenvalue weighted by Gasteiger charge is 2.49. The number of carbonyl (C=O) groups is 13. The number of unbranched alkanes of at least 4 members (excludes halogenated alkanes) is 2. The first-order chi connectivity index (χ1) is 72.4. The van der Waals surface area contributed by atoms with E-state index in [1.54, 1.807) is 95.5 Å². The van der Waals surface area contributed by atoms with Crippen molar-refractivity contribution < 1.29 is 148 Å². The number of likely N-dealkylation sites (tertiary alicyclic amines) is 1. The third-order valence-electron chi connectivity index (χ3n) is 26.2. The Balaban J connectivity index is 0.577. The lowest BCUT2D eigenvalue weighted by Crippen LogP contribution is -2.53. The van der Waals surface area contributed by atoms with Gasteiger partial charge in [0.25, 0.3) is 11.8 Å². The van der Waals surface area contributed by atoms with Crippen LogP contribution < -0.4 is 66.0 Å². The molecule has 10 rings (SSSR count). The van der Waals surface area contributed by atoms with E-state index in [0.717, 1.165) is 46.6 Å². The number of anilines is 4. The Labute approximate surface area is 877 Å². The van der Waals surface area contributed by atoms with Crippen LogP contribution in [0.1, 0.15) is 203 Å². The molecule has 9 N–H and O–H groups in total. The number of hydrogen-bond donors (Lipinski definition) is 9. The Hall–Kier alpha value is -12.0. The standard InChI is InChI=1S/C107H154N12O31/c1-69(2)95(113-92(121)33-39-138-43-42-135-9)99(126)109-73(7)97(124)111-78-28-24-75(25-29-78)67-149-106(133)118-83-63-89(87(136-10)60-81(83)102(129)116-65-71(5)58-85(116)104(118)131)147-37-20-17-21-38-148-90-64-84-82(61-88(90)137-11)103(130)117-66-72(6)59-86(117)105(132)119(84)107(134)150-68-76-26-30-79(31-27-76)112-98(125)74(8)110-100(127)96(70(3)4)114-93(122)34-40-139-44-46-141-48-50-143-52-54-145-56-57-146-55-53-144-51-49-142-47-45-140-41-35-108-91(120)32-36-115-94(123)62-80(101(115)128)77-22-18-15-13-12-14-16-19-23-77/h24-31,60-61,63-66,69-70,73-74,77,80,85-86,95-96,104-105,131-132H,12-23,32-59,62,67-68H2,1-11H3,(H,108,120)(H,109,126)(H,110,127)(H,111,124)(H,112,125)(H,113,121)(H,114,122)/t73-,74-,80?,85-,86-,95-,96-,104-,105-/m0/s1. The first-order valence-corrected chi connectivity index (χ1v) is 52.1. The summed E-state index contributed by atoms with van der Waals surface area (Å²) >= 11 is 0. The number of amides is 13. The number of ether oxygens (including phenoxy) is 16. The van der Waals surface area contributed by atoms with E-state index < -0.39 is 102 Å². The van der Waals surface area contributed by atoms with E-state index in [-0.39, 0.29) is 191 Å². The number of imide groups is 1. The van der Waals surface area contributed by atoms with Crippen molar-refractivity contribution >= 4 is 99.9 Å². The molecule has 1 unspecified atom stereocenters. The predicted octanol–water partition coefficient (Wildman–Crippen LogP) is 9.28. The summed E-state index contributed by atoms with van der Waals surface area (Å²) in [5.41, 5.74) is 3.29. The lowest BCUT2D eigenvalue weighted by atomic mass is 9.82. The van der Waals surface area contributed by atoms with Crippen molar-refractivity contribution in [3.05, 3.63) is 119 Å². The summed E-state index contributed by atoms with van der Waals surface area (Å²) in [5, 5.41) is 43.4. The number of hydrogen-bond acceptors (Lipinski definition) is 31. The molecule has 43 heteroatoms. The SMILES string of the molecule is COCCOCCC(=O)N[C@H](C(=O)N[C@@H](C)C(=O)Nc1ccc(COC(=O)N2c3cc(OCCCCCOc4cc5c(cc4OC)C(=O)N4C=C(C)C[C@H]4[C@H](O)N5C(=O)OCc4ccc(NC(=O)[C@H](C)NC(=O)[C@@H](NC(=O)CCOCCOCCOCCOCCOCCOCCOCCOCCNC(=O)CCN5C(=O)CC(C6CCCCCCCCC6)C5=O)C(C)C)cc4)c(OC)cc3C(=O)N3C=C(C)C[C@H]3[C@@H]2O)cc1)C(C)C. The summed E-state index contributed by atoms with van der Waals surface area (Å²) in [5.74, 6) is -4.60. The van der Waals surface area contributed by atoms with Crippen molar-refractivity contribution in [3.8, 4) is 23.0 Å². The van der Waals surface area contributed by atoms with Gasteiger partial charge in [-0.3, -0.25) is 57.6 Å². The Morgan fingerprint density at radius 2 is 0.780 bits per heavy atom. The first-order valence-electron chi connectivity index (χ1n) is 52.1. The molecule has 43 nitrogen and oxygen atoms in total. The summed E-state index contributed by atoms with van der Waals surface area (Å²) in [7, 11) is 4.34. The molecule has 2 fully saturated rings. The topological polar surface area (TPSA) is 510 Å². The fourth-order valence-electron chi connectivity index (χ4n) is 17.9. The average Bonchev–Trinajstić information content (AvgIpc) is 1.60. The number of nitrogens with one attached hydrogen (secondary N) is 7. The first kappa shape index (κ1) is 120. The fourth-order valence-corrected chi connectivity index (χ4v) is 17.9. The molecule has 1 saturated heterocycles. The van der Waals surface area contributed by atoms with E-state index in [2.05, 4.69) is 37.2 Å². The smallest absolute Gasteiger partial charge is 0.416 e. The van der Waals surface area contributed by atoms with Gasteiger partial charge in [0.2, 0.25) is 53.2 Å². The van der Waals surface area contributed by atoms with Crippen LogP contribution >= 0.6 is 0 Å². The Morgan fingerprint density at radius 3 is 1.16 bits per heavy atom. The monoisotopic (exact) mass is 2100 g/mol. The van der Waals surface area contributed by atoms with Crippen LogP contribution in [0.4, 0.5) is 32.3 Å². The summed E-state index contributed by atoms with van der Waals surface area (Å²) < 4.78 is 90.7. The quantitative estimate of drug-likeness (QED) is 0.0147. The maximum atomic E-state index is 14.5. The zero-order valence-electron chi connectivity index (χ0n) is 88.4. The number of benzene rings is 4. The number of fused-ring (bicyclic) bond motifs is 4. The molecule has 5 heterocycles. The second kappa shape index (κ2) is 63.3. The molecule has 0 aromatic heterocycles. The number of rotatable bonds is 63. The van der Waals surface area contributed by atoms with Crippen LogP contribution in [0.15, 0.2) is 96.3 Å². The van der Waals surface area contributed by atoms with Crippen molar-refractivity contribution in [2.24, 2.45) is 23.7 Å². The van der Waals surface area contributed by atoms with E-state index in [1.165, 1.54) is 106 Å². The molecule has 4 aromatic rings. The minimum absolute atomic E-state index is 0.00365. The van der Waals surface area contributed by atoms with Gasteiger partial charge in [-0.15, -0.1) is 0 Å². The van der Waals surface area contributed by atoms with Gasteiger partial charge in [-0.05, 0) is 138 Å². The average molecular weight is 2100 g/mol. The fraction of sp³-hybridized carbons (Fsp3) is 0.617. The molecule has 6 aliphatic rings. The summed E-state index contributed by atoms with van der Waals surface area (Å²) in [6, 6.07) is 12.8. The highest BCUT2D eigenvalue weighted by atomic mass is 16.6. The van der Waals surface area contributed by atoms with Crippen LogP contribution in [0.5, 0.6) is 23.0 Å². The molecule has 0 bridgehead atoms. The molecule has 5 aliphatic heterocycles. The minimum atomic E-state index is -1.60. The highest BCUT2D eigenvalue weighted by Crippen LogP contribution is 2.45. The van der Waals surface area contributed by atoms with Crippen molar-refractivity contribution in [1.29, 1.82) is 0 Å². The summed E-state index contributed by atoms with van der Waals surface area (Å²) in [6.45, 7) is 19.8. The van der Waals surface area contributed by atoms with Gasteiger partial charge in [-0.25, -0.2) is 19.4 Å². The van der Waals surface area contributed by atoms with Gasteiger partial charge in [0.15, 0.2) is 35.5 Å². The molecule has 0 spiro atoms. The molecule has 828 valence electrons. The predicted molar refractivity (Wildman–Crippen MR) is 550 cm³/mol. The van der Waals surface area contributed by atoms with E-state index in [9.17, 15) is 72.5 Å². The second-order valence-electron chi connectivity index (χ2n) is 38.4. The van der Waals surface area contributed by atoms with Crippen molar-refractivity contribution in [2.45, 2.75) is 233 Å². The van der Waals surface area contributed by atoms with Crippen molar-refractivity contribution in [3.63, 3.8) is 0 Å². The summed E-state index contributed by atoms with van der Waals surface area (Å²) in [6.07, 6.45) is 10.6. The van der Waals surface area contributed by atoms with Crippen LogP contribution in [0, 0.1) is 23.7 Å². The van der Waals surface area contributed by atoms with E-state index >= 15 is 0 Å². The molecule has 13 amide bonds. The van der Waals surface area contributed by atoms with Crippen molar-refractivity contribution in [2.75, 3.05) is 194 Å². The zero-order valence-corrected chi connectivity index (χ0v) is 88.4. The molecule has 1 saturated carbocycles. The normalized spacial score (nSPS) is 18.1. The largest absolute Gasteiger partial charge is 0.493 e. The molecule has 0 radical (unpaired) electrons. The third kappa shape index (κ3) is 37.2. The van der Waals surface area contributed by atoms with Gasteiger partial charge >= 0.3 is 12.2 Å². The maximum Gasteiger partial charge on any atom is 0.416 e. The third-order valence-corrected chi connectivity index (χ3v) is 26.2. The van der Waals surface area contributed by atoms with Gasteiger partial charge in [0.05, 0.1) is 193 Å². The van der Waals surface area contributed by atoms with Crippen LogP contribution in [-0.4, -0.2) is 324 Å². The number of aliphatic hydroxyl groups excluding tert-OH is 2. The van der Waals surface area contributed by atoms with Crippen LogP contribution in [0.3, 0.4) is 0 Å². The number of methoxy groups -OCH3 is 3. The zero-order chi connectivity index (χ0) is 108. The second-order valence-corrected chi connectivity index (χ2v) is 38.4. The number of carbonyl (C=O) groups excluding carboxylic acids is 13. The van der Waals surface area contributed by atoms with Gasteiger partial charge in [-0.2, -0.15) is 0 Å². The van der Waals surface area contributed by atoms with E-state index in [0.29, 0.717) is 147 Å². The molecular weight excluding hydrogens is 1950 g/mol. The number of nitrogens with zero attached hydrogens (tertiary/aromatic N) is 5. The molecule has 1 aliphatic carbocycles. The molecule has 9 atom stereocenters. The van der Waals surface area contributed by atoms with Gasteiger partial charge in [0.1, 0.15) is 37.4 Å². The van der Waals surface area contributed by atoms with Crippen LogP contribution in [-0.2, 0) is 113 Å². The van der Waals surface area contributed by atoms with Crippen LogP contribution in [0.2, 0.25) is 0 Å². The van der Waals surface area contributed by atoms with Gasteiger partial charge in [-0.1, -0.05) is 108 Å². The number of aliphatic hydroxyl groups is 2. The lowest BCUT2D eigenvalue weighted by molar-refractivity contribution is -0.140.